The van der Waals surface area contributed by atoms with Gasteiger partial charge in [0, 0.05) is 18.8 Å². The maximum Gasteiger partial charge on any atom is 0.232 e. The number of benzene rings is 1. The molecule has 0 spiro atoms. The standard InChI is InChI=1S/C16H22N6S2/c1-4-22(5-2)16(23)24-10-13-19-14(17)21-15(20-13)18-12-9-7-6-8-11(12)3/h6-9H,4-5,10H2,1-3H3,(H3,17,18,19,20,21). The number of thioether (sulfide) groups is 1. The van der Waals surface area contributed by atoms with E-state index in [0.717, 1.165) is 28.7 Å². The molecule has 2 rings (SSSR count). The summed E-state index contributed by atoms with van der Waals surface area (Å²) in [7, 11) is 0. The van der Waals surface area contributed by atoms with Crippen LogP contribution in [0.15, 0.2) is 24.3 Å². The first-order valence-corrected chi connectivity index (χ1v) is 9.17. The Hall–Kier alpha value is -1.93. The highest BCUT2D eigenvalue weighted by atomic mass is 32.2. The van der Waals surface area contributed by atoms with Gasteiger partial charge in [0.1, 0.15) is 10.1 Å². The zero-order chi connectivity index (χ0) is 17.5. The largest absolute Gasteiger partial charge is 0.368 e. The smallest absolute Gasteiger partial charge is 0.232 e. The molecule has 8 heteroatoms. The summed E-state index contributed by atoms with van der Waals surface area (Å²) in [6.45, 7) is 7.97. The van der Waals surface area contributed by atoms with Crippen molar-refractivity contribution in [2.24, 2.45) is 0 Å². The topological polar surface area (TPSA) is 80.0 Å². The SMILES string of the molecule is CCN(CC)C(=S)SCc1nc(N)nc(Nc2ccccc2C)n1. The Morgan fingerprint density at radius 2 is 1.92 bits per heavy atom. The Kier molecular flexibility index (Phi) is 6.74. The van der Waals surface area contributed by atoms with Crippen LogP contribution in [0.25, 0.3) is 0 Å². The summed E-state index contributed by atoms with van der Waals surface area (Å²) >= 11 is 6.97. The second kappa shape index (κ2) is 8.79. The van der Waals surface area contributed by atoms with Gasteiger partial charge < -0.3 is 16.0 Å². The lowest BCUT2D eigenvalue weighted by atomic mass is 10.2. The molecule has 0 bridgehead atoms. The maximum absolute atomic E-state index is 5.81. The Morgan fingerprint density at radius 1 is 1.21 bits per heavy atom. The van der Waals surface area contributed by atoms with Crippen molar-refractivity contribution in [3.63, 3.8) is 0 Å². The van der Waals surface area contributed by atoms with Crippen molar-refractivity contribution < 1.29 is 0 Å². The van der Waals surface area contributed by atoms with Crippen LogP contribution in [-0.4, -0.2) is 37.3 Å². The van der Waals surface area contributed by atoms with Gasteiger partial charge in [-0.25, -0.2) is 0 Å². The van der Waals surface area contributed by atoms with Crippen LogP contribution < -0.4 is 11.1 Å². The van der Waals surface area contributed by atoms with Crippen LogP contribution in [-0.2, 0) is 5.75 Å². The monoisotopic (exact) mass is 362 g/mol. The van der Waals surface area contributed by atoms with E-state index in [1.807, 2.05) is 31.2 Å². The minimum atomic E-state index is 0.199. The van der Waals surface area contributed by atoms with E-state index in [2.05, 4.69) is 39.0 Å². The fourth-order valence-electron chi connectivity index (χ4n) is 2.09. The Balaban J connectivity index is 2.08. The normalized spacial score (nSPS) is 10.5. The molecule has 0 saturated carbocycles. The molecule has 0 radical (unpaired) electrons. The number of thiocarbonyl (C=S) groups is 1. The average Bonchev–Trinajstić information content (AvgIpc) is 2.56. The van der Waals surface area contributed by atoms with Gasteiger partial charge in [-0.05, 0) is 32.4 Å². The van der Waals surface area contributed by atoms with E-state index in [1.165, 1.54) is 11.8 Å². The van der Waals surface area contributed by atoms with E-state index in [-0.39, 0.29) is 5.95 Å². The summed E-state index contributed by atoms with van der Waals surface area (Å²) in [5, 5.41) is 3.19. The third kappa shape index (κ3) is 5.04. The molecule has 6 nitrogen and oxygen atoms in total. The zero-order valence-corrected chi connectivity index (χ0v) is 15.7. The van der Waals surface area contributed by atoms with E-state index in [9.17, 15) is 0 Å². The Labute approximate surface area is 152 Å². The van der Waals surface area contributed by atoms with E-state index in [1.54, 1.807) is 0 Å². The molecule has 0 aliphatic carbocycles. The van der Waals surface area contributed by atoms with Gasteiger partial charge in [-0.2, -0.15) is 15.0 Å². The molecule has 0 aliphatic rings. The van der Waals surface area contributed by atoms with Crippen molar-refractivity contribution in [2.75, 3.05) is 24.1 Å². The number of hydrogen-bond acceptors (Lipinski definition) is 7. The molecular weight excluding hydrogens is 340 g/mol. The lowest BCUT2D eigenvalue weighted by Crippen LogP contribution is -2.26. The summed E-state index contributed by atoms with van der Waals surface area (Å²) < 4.78 is 0.840. The highest BCUT2D eigenvalue weighted by molar-refractivity contribution is 8.22. The first kappa shape index (κ1) is 18.4. The van der Waals surface area contributed by atoms with E-state index in [0.29, 0.717) is 17.5 Å². The summed E-state index contributed by atoms with van der Waals surface area (Å²) in [4.78, 5) is 14.9. The molecule has 0 fully saturated rings. The van der Waals surface area contributed by atoms with Crippen molar-refractivity contribution >= 4 is 45.9 Å². The average molecular weight is 363 g/mol. The van der Waals surface area contributed by atoms with Crippen LogP contribution in [0.4, 0.5) is 17.6 Å². The molecule has 0 saturated heterocycles. The lowest BCUT2D eigenvalue weighted by Gasteiger charge is -2.20. The maximum atomic E-state index is 5.81. The summed E-state index contributed by atoms with van der Waals surface area (Å²) in [5.41, 5.74) is 7.87. The first-order valence-electron chi connectivity index (χ1n) is 7.78. The van der Waals surface area contributed by atoms with Crippen LogP contribution in [0.2, 0.25) is 0 Å². The molecule has 0 aliphatic heterocycles. The van der Waals surface area contributed by atoms with Gasteiger partial charge in [0.05, 0.1) is 5.75 Å². The second-order valence-corrected chi connectivity index (χ2v) is 6.71. The molecule has 0 amide bonds. The molecule has 1 aromatic carbocycles. The minimum Gasteiger partial charge on any atom is -0.368 e. The van der Waals surface area contributed by atoms with Crippen molar-refractivity contribution in [1.82, 2.24) is 19.9 Å². The Bertz CT molecular complexity index is 703. The van der Waals surface area contributed by atoms with Gasteiger partial charge in [-0.1, -0.05) is 42.2 Å². The fraction of sp³-hybridized carbons (Fsp3) is 0.375. The number of anilines is 3. The van der Waals surface area contributed by atoms with Crippen LogP contribution in [0.1, 0.15) is 25.2 Å². The summed E-state index contributed by atoms with van der Waals surface area (Å²) in [6, 6.07) is 7.93. The van der Waals surface area contributed by atoms with E-state index in [4.69, 9.17) is 18.0 Å². The van der Waals surface area contributed by atoms with Crippen molar-refractivity contribution in [3.05, 3.63) is 35.7 Å². The van der Waals surface area contributed by atoms with Crippen molar-refractivity contribution in [2.45, 2.75) is 26.5 Å². The lowest BCUT2D eigenvalue weighted by molar-refractivity contribution is 0.482. The van der Waals surface area contributed by atoms with Crippen LogP contribution in [0.5, 0.6) is 0 Å². The van der Waals surface area contributed by atoms with Gasteiger partial charge in [-0.3, -0.25) is 0 Å². The number of nitrogen functional groups attached to an aromatic ring is 1. The number of nitrogens with one attached hydrogen (secondary N) is 1. The molecule has 0 atom stereocenters. The summed E-state index contributed by atoms with van der Waals surface area (Å²) in [6.07, 6.45) is 0. The first-order chi connectivity index (χ1) is 11.5. The second-order valence-electron chi connectivity index (χ2n) is 5.10. The summed E-state index contributed by atoms with van der Waals surface area (Å²) in [5.74, 6) is 1.81. The predicted molar refractivity (Wildman–Crippen MR) is 106 cm³/mol. The van der Waals surface area contributed by atoms with Gasteiger partial charge in [0.2, 0.25) is 11.9 Å². The number of para-hydroxylation sites is 1. The number of hydrogen-bond donors (Lipinski definition) is 2. The molecule has 3 N–H and O–H groups in total. The molecule has 1 aromatic heterocycles. The molecule has 2 aromatic rings. The van der Waals surface area contributed by atoms with Crippen molar-refractivity contribution in [1.29, 1.82) is 0 Å². The Morgan fingerprint density at radius 3 is 2.58 bits per heavy atom. The number of rotatable bonds is 6. The quantitative estimate of drug-likeness (QED) is 0.757. The third-order valence-electron chi connectivity index (χ3n) is 3.44. The number of aryl methyl sites for hydroxylation is 1. The minimum absolute atomic E-state index is 0.199. The predicted octanol–water partition coefficient (Wildman–Crippen LogP) is 3.37. The number of nitrogens with two attached hydrogens (primary N) is 1. The van der Waals surface area contributed by atoms with Gasteiger partial charge >= 0.3 is 0 Å². The molecular formula is C16H22N6S2. The van der Waals surface area contributed by atoms with E-state index >= 15 is 0 Å². The number of nitrogens with zero attached hydrogens (tertiary/aromatic N) is 4. The van der Waals surface area contributed by atoms with Crippen LogP contribution in [0.3, 0.4) is 0 Å². The third-order valence-corrected chi connectivity index (χ3v) is 4.96. The van der Waals surface area contributed by atoms with Crippen LogP contribution >= 0.6 is 24.0 Å². The molecule has 128 valence electrons. The number of aromatic nitrogens is 3. The zero-order valence-electron chi connectivity index (χ0n) is 14.1. The fourth-order valence-corrected chi connectivity index (χ4v) is 3.35. The van der Waals surface area contributed by atoms with Gasteiger partial charge in [0.25, 0.3) is 0 Å². The van der Waals surface area contributed by atoms with Gasteiger partial charge in [0.15, 0.2) is 0 Å². The van der Waals surface area contributed by atoms with Gasteiger partial charge in [-0.15, -0.1) is 0 Å². The van der Waals surface area contributed by atoms with Crippen LogP contribution in [0, 0.1) is 6.92 Å². The highest BCUT2D eigenvalue weighted by Gasteiger charge is 2.10. The molecule has 24 heavy (non-hydrogen) atoms. The highest BCUT2D eigenvalue weighted by Crippen LogP contribution is 2.19. The van der Waals surface area contributed by atoms with Crippen molar-refractivity contribution in [3.8, 4) is 0 Å². The van der Waals surface area contributed by atoms with E-state index < -0.39 is 0 Å². The molecule has 1 heterocycles. The molecule has 0 unspecified atom stereocenters.